The normalized spacial score (nSPS) is 11.2. The van der Waals surface area contributed by atoms with Gasteiger partial charge in [-0.25, -0.2) is 4.79 Å². The van der Waals surface area contributed by atoms with Crippen molar-refractivity contribution in [3.63, 3.8) is 0 Å². The van der Waals surface area contributed by atoms with Gasteiger partial charge in [-0.05, 0) is 23.3 Å². The molecule has 1 amide bonds. The summed E-state index contributed by atoms with van der Waals surface area (Å²) in [4.78, 5) is 24.1. The van der Waals surface area contributed by atoms with Crippen LogP contribution in [-0.2, 0) is 27.2 Å². The fourth-order valence-corrected chi connectivity index (χ4v) is 2.31. The van der Waals surface area contributed by atoms with Gasteiger partial charge in [-0.1, -0.05) is 42.5 Å². The molecule has 0 aromatic heterocycles. The van der Waals surface area contributed by atoms with E-state index in [4.69, 9.17) is 10.00 Å². The predicted octanol–water partition coefficient (Wildman–Crippen LogP) is 2.00. The largest absolute Gasteiger partial charge is 0.467 e. The summed E-state index contributed by atoms with van der Waals surface area (Å²) in [6, 6.07) is 17.5. The highest BCUT2D eigenvalue weighted by atomic mass is 16.5. The SMILES string of the molecule is COC(=O)[C@@H](Cc1ccc(C#N)cc1)NC(=O)Cc1ccccc1. The minimum atomic E-state index is -0.765. The number of carbonyl (C=O) groups is 2. The van der Waals surface area contributed by atoms with Crippen molar-refractivity contribution in [1.29, 1.82) is 5.26 Å². The number of nitriles is 1. The van der Waals surface area contributed by atoms with E-state index in [0.29, 0.717) is 12.0 Å². The number of esters is 1. The smallest absolute Gasteiger partial charge is 0.328 e. The highest BCUT2D eigenvalue weighted by molar-refractivity contribution is 5.85. The van der Waals surface area contributed by atoms with Crippen molar-refractivity contribution >= 4 is 11.9 Å². The Bertz CT molecular complexity index is 733. The van der Waals surface area contributed by atoms with E-state index in [9.17, 15) is 9.59 Å². The van der Waals surface area contributed by atoms with Gasteiger partial charge in [-0.2, -0.15) is 5.26 Å². The zero-order valence-electron chi connectivity index (χ0n) is 13.4. The first kappa shape index (κ1) is 17.2. The summed E-state index contributed by atoms with van der Waals surface area (Å²) in [5.41, 5.74) is 2.25. The molecule has 0 aliphatic heterocycles. The molecule has 0 aliphatic carbocycles. The highest BCUT2D eigenvalue weighted by Crippen LogP contribution is 2.08. The molecular formula is C19H18N2O3. The highest BCUT2D eigenvalue weighted by Gasteiger charge is 2.22. The molecule has 0 bridgehead atoms. The van der Waals surface area contributed by atoms with Crippen LogP contribution in [0, 0.1) is 11.3 Å². The monoisotopic (exact) mass is 322 g/mol. The summed E-state index contributed by atoms with van der Waals surface area (Å²) < 4.78 is 4.77. The number of hydrogen-bond acceptors (Lipinski definition) is 4. The molecule has 2 aromatic rings. The fourth-order valence-electron chi connectivity index (χ4n) is 2.31. The lowest BCUT2D eigenvalue weighted by atomic mass is 10.0. The van der Waals surface area contributed by atoms with Crippen LogP contribution in [0.5, 0.6) is 0 Å². The number of nitrogens with zero attached hydrogens (tertiary/aromatic N) is 1. The van der Waals surface area contributed by atoms with Crippen molar-refractivity contribution < 1.29 is 14.3 Å². The van der Waals surface area contributed by atoms with Crippen LogP contribution in [0.1, 0.15) is 16.7 Å². The van der Waals surface area contributed by atoms with Gasteiger partial charge in [0.2, 0.25) is 5.91 Å². The van der Waals surface area contributed by atoms with Crippen molar-refractivity contribution in [3.8, 4) is 6.07 Å². The molecule has 0 radical (unpaired) electrons. The quantitative estimate of drug-likeness (QED) is 0.825. The van der Waals surface area contributed by atoms with Crippen LogP contribution >= 0.6 is 0 Å². The van der Waals surface area contributed by atoms with E-state index < -0.39 is 12.0 Å². The summed E-state index contributed by atoms with van der Waals surface area (Å²) in [7, 11) is 1.29. The van der Waals surface area contributed by atoms with E-state index in [1.54, 1.807) is 24.3 Å². The summed E-state index contributed by atoms with van der Waals surface area (Å²) >= 11 is 0. The first-order chi connectivity index (χ1) is 11.6. The fraction of sp³-hybridized carbons (Fsp3) is 0.211. The maximum absolute atomic E-state index is 12.2. The van der Waals surface area contributed by atoms with E-state index in [2.05, 4.69) is 5.32 Å². The second kappa shape index (κ2) is 8.49. The van der Waals surface area contributed by atoms with E-state index in [-0.39, 0.29) is 12.3 Å². The van der Waals surface area contributed by atoms with E-state index in [0.717, 1.165) is 11.1 Å². The van der Waals surface area contributed by atoms with Gasteiger partial charge < -0.3 is 10.1 Å². The van der Waals surface area contributed by atoms with Gasteiger partial charge in [-0.15, -0.1) is 0 Å². The maximum Gasteiger partial charge on any atom is 0.328 e. The van der Waals surface area contributed by atoms with Gasteiger partial charge in [0.15, 0.2) is 0 Å². The van der Waals surface area contributed by atoms with Crippen LogP contribution in [0.3, 0.4) is 0 Å². The number of ether oxygens (including phenoxy) is 1. The lowest BCUT2D eigenvalue weighted by Gasteiger charge is -2.16. The van der Waals surface area contributed by atoms with Crippen molar-refractivity contribution in [2.24, 2.45) is 0 Å². The third-order valence-corrected chi connectivity index (χ3v) is 3.55. The number of amides is 1. The van der Waals surface area contributed by atoms with Gasteiger partial charge in [0.25, 0.3) is 0 Å². The Balaban J connectivity index is 2.03. The number of nitrogens with one attached hydrogen (secondary N) is 1. The number of methoxy groups -OCH3 is 1. The zero-order valence-corrected chi connectivity index (χ0v) is 13.4. The molecule has 0 unspecified atom stereocenters. The number of carbonyl (C=O) groups excluding carboxylic acids is 2. The third-order valence-electron chi connectivity index (χ3n) is 3.55. The average Bonchev–Trinajstić information content (AvgIpc) is 2.62. The van der Waals surface area contributed by atoms with E-state index in [1.807, 2.05) is 36.4 Å². The lowest BCUT2D eigenvalue weighted by molar-refractivity contribution is -0.145. The third kappa shape index (κ3) is 4.96. The minimum absolute atomic E-state index is 0.196. The molecule has 2 rings (SSSR count). The number of benzene rings is 2. The molecule has 1 atom stereocenters. The topological polar surface area (TPSA) is 79.2 Å². The van der Waals surface area contributed by atoms with Crippen LogP contribution in [0.15, 0.2) is 54.6 Å². The molecular weight excluding hydrogens is 304 g/mol. The first-order valence-electron chi connectivity index (χ1n) is 7.52. The van der Waals surface area contributed by atoms with Crippen LogP contribution in [-0.4, -0.2) is 25.0 Å². The molecule has 122 valence electrons. The summed E-state index contributed by atoms with van der Waals surface area (Å²) in [5, 5.41) is 11.5. The molecule has 0 fully saturated rings. The van der Waals surface area contributed by atoms with Gasteiger partial charge in [0, 0.05) is 6.42 Å². The van der Waals surface area contributed by atoms with Crippen LogP contribution in [0.25, 0.3) is 0 Å². The van der Waals surface area contributed by atoms with Crippen LogP contribution in [0.4, 0.5) is 0 Å². The maximum atomic E-state index is 12.2. The Morgan fingerprint density at radius 2 is 1.75 bits per heavy atom. The Kier molecular flexibility index (Phi) is 6.09. The molecule has 0 spiro atoms. The second-order valence-corrected chi connectivity index (χ2v) is 5.32. The summed E-state index contributed by atoms with van der Waals surface area (Å²) in [6.45, 7) is 0. The number of rotatable bonds is 6. The van der Waals surface area contributed by atoms with Gasteiger partial charge in [-0.3, -0.25) is 4.79 Å². The van der Waals surface area contributed by atoms with Crippen molar-refractivity contribution in [3.05, 3.63) is 71.3 Å². The Labute approximate surface area is 140 Å². The lowest BCUT2D eigenvalue weighted by Crippen LogP contribution is -2.43. The molecule has 0 saturated heterocycles. The Morgan fingerprint density at radius 3 is 2.33 bits per heavy atom. The summed E-state index contributed by atoms with van der Waals surface area (Å²) in [6.07, 6.45) is 0.501. The molecule has 5 heteroatoms. The minimum Gasteiger partial charge on any atom is -0.467 e. The molecule has 24 heavy (non-hydrogen) atoms. The Hall–Kier alpha value is -3.13. The molecule has 1 N–H and O–H groups in total. The number of hydrogen-bond donors (Lipinski definition) is 1. The van der Waals surface area contributed by atoms with Crippen molar-refractivity contribution in [1.82, 2.24) is 5.32 Å². The van der Waals surface area contributed by atoms with Crippen molar-refractivity contribution in [2.75, 3.05) is 7.11 Å². The molecule has 0 saturated carbocycles. The first-order valence-corrected chi connectivity index (χ1v) is 7.52. The molecule has 5 nitrogen and oxygen atoms in total. The van der Waals surface area contributed by atoms with Crippen LogP contribution < -0.4 is 5.32 Å². The second-order valence-electron chi connectivity index (χ2n) is 5.32. The zero-order chi connectivity index (χ0) is 17.4. The predicted molar refractivity (Wildman–Crippen MR) is 89.0 cm³/mol. The Morgan fingerprint density at radius 1 is 1.08 bits per heavy atom. The van der Waals surface area contributed by atoms with E-state index in [1.165, 1.54) is 7.11 Å². The van der Waals surface area contributed by atoms with Crippen molar-refractivity contribution in [2.45, 2.75) is 18.9 Å². The van der Waals surface area contributed by atoms with Gasteiger partial charge in [0.05, 0.1) is 25.2 Å². The molecule has 0 heterocycles. The van der Waals surface area contributed by atoms with Gasteiger partial charge >= 0.3 is 5.97 Å². The average molecular weight is 322 g/mol. The molecule has 0 aliphatic rings. The van der Waals surface area contributed by atoms with Gasteiger partial charge in [0.1, 0.15) is 6.04 Å². The molecule has 2 aromatic carbocycles. The van der Waals surface area contributed by atoms with E-state index >= 15 is 0 Å². The van der Waals surface area contributed by atoms with Crippen LogP contribution in [0.2, 0.25) is 0 Å². The standard InChI is InChI=1S/C19H18N2O3/c1-24-19(23)17(11-15-7-9-16(13-20)10-8-15)21-18(22)12-14-5-3-2-4-6-14/h2-10,17H,11-12H2,1H3,(H,21,22)/t17-/m1/s1. The summed E-state index contributed by atoms with van der Waals surface area (Å²) in [5.74, 6) is -0.744.